The highest BCUT2D eigenvalue weighted by atomic mass is 19.4. The minimum absolute atomic E-state index is 0.0834. The summed E-state index contributed by atoms with van der Waals surface area (Å²) in [5.74, 6) is -1.25. The van der Waals surface area contributed by atoms with Crippen molar-refractivity contribution in [2.45, 2.75) is 12.3 Å². The summed E-state index contributed by atoms with van der Waals surface area (Å²) < 4.78 is 45.5. The zero-order valence-corrected chi connectivity index (χ0v) is 10.5. The van der Waals surface area contributed by atoms with E-state index < -0.39 is 37.5 Å². The minimum atomic E-state index is -4.66. The van der Waals surface area contributed by atoms with E-state index in [2.05, 4.69) is 4.74 Å². The Labute approximate surface area is 116 Å². The van der Waals surface area contributed by atoms with Gasteiger partial charge in [0.25, 0.3) is 0 Å². The molecule has 6 nitrogen and oxygen atoms in total. The Morgan fingerprint density at radius 2 is 2.05 bits per heavy atom. The van der Waals surface area contributed by atoms with Gasteiger partial charge in [-0.2, -0.15) is 13.2 Å². The largest absolute Gasteiger partial charge is 0.478 e. The number of amides is 1. The number of alkyl halides is 3. The fourth-order valence-corrected chi connectivity index (χ4v) is 1.76. The standard InChI is InChI=1S/C12H10F3NO5/c13-12(14,15)6-20-11(19)16-5-9(10(17)18)21-8-4-2-1-3-7(8)16/h1-4,9H,5-6H2,(H,17,18). The molecular weight excluding hydrogens is 295 g/mol. The predicted molar refractivity (Wildman–Crippen MR) is 63.2 cm³/mol. The molecule has 1 amide bonds. The summed E-state index contributed by atoms with van der Waals surface area (Å²) in [5, 5.41) is 8.94. The molecule has 0 saturated carbocycles. The molecule has 9 heteroatoms. The van der Waals surface area contributed by atoms with Crippen molar-refractivity contribution in [1.29, 1.82) is 0 Å². The molecule has 0 radical (unpaired) electrons. The van der Waals surface area contributed by atoms with E-state index in [1.807, 2.05) is 0 Å². The molecule has 1 atom stereocenters. The van der Waals surface area contributed by atoms with Crippen molar-refractivity contribution >= 4 is 17.7 Å². The number of halogens is 3. The van der Waals surface area contributed by atoms with E-state index in [0.717, 1.165) is 4.90 Å². The van der Waals surface area contributed by atoms with Crippen molar-refractivity contribution in [1.82, 2.24) is 0 Å². The number of carboxylic acid groups (broad SMARTS) is 1. The molecule has 1 aliphatic rings. The number of nitrogens with zero attached hydrogens (tertiary/aromatic N) is 1. The number of aliphatic carboxylic acids is 1. The summed E-state index contributed by atoms with van der Waals surface area (Å²) >= 11 is 0. The third kappa shape index (κ3) is 3.56. The number of anilines is 1. The van der Waals surface area contributed by atoms with Crippen LogP contribution in [0.3, 0.4) is 0 Å². The molecule has 0 aromatic heterocycles. The van der Waals surface area contributed by atoms with Crippen molar-refractivity contribution in [2.75, 3.05) is 18.1 Å². The van der Waals surface area contributed by atoms with Gasteiger partial charge in [-0.15, -0.1) is 0 Å². The lowest BCUT2D eigenvalue weighted by molar-refractivity contribution is -0.160. The van der Waals surface area contributed by atoms with E-state index in [9.17, 15) is 22.8 Å². The Bertz CT molecular complexity index is 560. The smallest absolute Gasteiger partial charge is 0.422 e. The lowest BCUT2D eigenvalue weighted by Gasteiger charge is -2.32. The Morgan fingerprint density at radius 3 is 2.67 bits per heavy atom. The Morgan fingerprint density at radius 1 is 1.38 bits per heavy atom. The summed E-state index contributed by atoms with van der Waals surface area (Å²) in [7, 11) is 0. The first kappa shape index (κ1) is 14.9. The van der Waals surface area contributed by atoms with Gasteiger partial charge in [-0.3, -0.25) is 4.90 Å². The van der Waals surface area contributed by atoms with Gasteiger partial charge in [0.1, 0.15) is 5.75 Å². The van der Waals surface area contributed by atoms with E-state index in [4.69, 9.17) is 9.84 Å². The number of fused-ring (bicyclic) bond motifs is 1. The lowest BCUT2D eigenvalue weighted by Crippen LogP contribution is -2.47. The number of rotatable bonds is 2. The van der Waals surface area contributed by atoms with E-state index in [-0.39, 0.29) is 11.4 Å². The maximum absolute atomic E-state index is 12.1. The first-order chi connectivity index (χ1) is 9.78. The second-order valence-electron chi connectivity index (χ2n) is 4.19. The number of hydrogen-bond acceptors (Lipinski definition) is 4. The van der Waals surface area contributed by atoms with Crippen LogP contribution in [0.2, 0.25) is 0 Å². The third-order valence-corrected chi connectivity index (χ3v) is 2.63. The highest BCUT2D eigenvalue weighted by Gasteiger charge is 2.36. The Hall–Kier alpha value is -2.45. The van der Waals surface area contributed by atoms with Crippen molar-refractivity contribution < 1.29 is 37.3 Å². The quantitative estimate of drug-likeness (QED) is 0.905. The second kappa shape index (κ2) is 5.51. The highest BCUT2D eigenvalue weighted by Crippen LogP contribution is 2.33. The molecule has 0 saturated heterocycles. The fraction of sp³-hybridized carbons (Fsp3) is 0.333. The van der Waals surface area contributed by atoms with Crippen LogP contribution in [0.5, 0.6) is 5.75 Å². The van der Waals surface area contributed by atoms with Crippen molar-refractivity contribution in [3.8, 4) is 5.75 Å². The van der Waals surface area contributed by atoms with Gasteiger partial charge in [-0.25, -0.2) is 9.59 Å². The Balaban J connectivity index is 2.21. The first-order valence-corrected chi connectivity index (χ1v) is 5.77. The number of hydrogen-bond donors (Lipinski definition) is 1. The molecular formula is C12H10F3NO5. The summed E-state index contributed by atoms with van der Waals surface area (Å²) in [6.07, 6.45) is -7.32. The first-order valence-electron chi connectivity index (χ1n) is 5.77. The van der Waals surface area contributed by atoms with Crippen LogP contribution in [0, 0.1) is 0 Å². The topological polar surface area (TPSA) is 76.1 Å². The van der Waals surface area contributed by atoms with Crippen LogP contribution in [0.25, 0.3) is 0 Å². The molecule has 0 bridgehead atoms. The van der Waals surface area contributed by atoms with Crippen LogP contribution < -0.4 is 9.64 Å². The van der Waals surface area contributed by atoms with E-state index in [0.29, 0.717) is 0 Å². The second-order valence-corrected chi connectivity index (χ2v) is 4.19. The van der Waals surface area contributed by atoms with Crippen LogP contribution in [-0.2, 0) is 9.53 Å². The molecule has 1 aromatic rings. The molecule has 0 aliphatic carbocycles. The fourth-order valence-electron chi connectivity index (χ4n) is 1.76. The molecule has 21 heavy (non-hydrogen) atoms. The third-order valence-electron chi connectivity index (χ3n) is 2.63. The van der Waals surface area contributed by atoms with Gasteiger partial charge in [0.15, 0.2) is 6.61 Å². The van der Waals surface area contributed by atoms with Crippen LogP contribution in [-0.4, -0.2) is 42.6 Å². The molecule has 1 unspecified atom stereocenters. The maximum atomic E-state index is 12.1. The monoisotopic (exact) mass is 305 g/mol. The van der Waals surface area contributed by atoms with Gasteiger partial charge < -0.3 is 14.6 Å². The maximum Gasteiger partial charge on any atom is 0.422 e. The summed E-state index contributed by atoms with van der Waals surface area (Å²) in [6.45, 7) is -2.19. The molecule has 1 heterocycles. The predicted octanol–water partition coefficient (Wildman–Crippen LogP) is 2.04. The SMILES string of the molecule is O=C(O)C1CN(C(=O)OCC(F)(F)F)c2ccccc2O1. The number of benzene rings is 1. The van der Waals surface area contributed by atoms with Crippen LogP contribution in [0.1, 0.15) is 0 Å². The van der Waals surface area contributed by atoms with E-state index >= 15 is 0 Å². The van der Waals surface area contributed by atoms with Crippen LogP contribution in [0.15, 0.2) is 24.3 Å². The molecule has 1 N–H and O–H groups in total. The average Bonchev–Trinajstić information content (AvgIpc) is 2.42. The molecule has 2 rings (SSSR count). The van der Waals surface area contributed by atoms with Crippen molar-refractivity contribution in [2.24, 2.45) is 0 Å². The number of ether oxygens (including phenoxy) is 2. The van der Waals surface area contributed by atoms with Crippen molar-refractivity contribution in [3.63, 3.8) is 0 Å². The molecule has 1 aliphatic heterocycles. The minimum Gasteiger partial charge on any atom is -0.478 e. The van der Waals surface area contributed by atoms with Gasteiger partial charge in [0, 0.05) is 0 Å². The zero-order chi connectivity index (χ0) is 15.6. The summed E-state index contributed by atoms with van der Waals surface area (Å²) in [6, 6.07) is 5.91. The van der Waals surface area contributed by atoms with Crippen molar-refractivity contribution in [3.05, 3.63) is 24.3 Å². The molecule has 0 spiro atoms. The van der Waals surface area contributed by atoms with Gasteiger partial charge >= 0.3 is 18.2 Å². The molecule has 1 aromatic carbocycles. The lowest BCUT2D eigenvalue weighted by atomic mass is 10.2. The zero-order valence-electron chi connectivity index (χ0n) is 10.5. The van der Waals surface area contributed by atoms with Gasteiger partial charge in [0.05, 0.1) is 12.2 Å². The van der Waals surface area contributed by atoms with E-state index in [1.165, 1.54) is 18.2 Å². The number of para-hydroxylation sites is 2. The highest BCUT2D eigenvalue weighted by molar-refractivity contribution is 5.92. The van der Waals surface area contributed by atoms with Crippen LogP contribution >= 0.6 is 0 Å². The normalized spacial score (nSPS) is 17.7. The average molecular weight is 305 g/mol. The van der Waals surface area contributed by atoms with Gasteiger partial charge in [0.2, 0.25) is 6.10 Å². The van der Waals surface area contributed by atoms with Gasteiger partial charge in [-0.1, -0.05) is 12.1 Å². The number of carbonyl (C=O) groups is 2. The number of carboxylic acids is 1. The summed E-state index contributed by atoms with van der Waals surface area (Å²) in [5.41, 5.74) is 0.155. The molecule has 0 fully saturated rings. The van der Waals surface area contributed by atoms with Gasteiger partial charge in [-0.05, 0) is 12.1 Å². The Kier molecular flexibility index (Phi) is 3.92. The molecule has 114 valence electrons. The van der Waals surface area contributed by atoms with E-state index in [1.54, 1.807) is 6.07 Å². The summed E-state index contributed by atoms with van der Waals surface area (Å²) in [4.78, 5) is 23.5. The number of carbonyl (C=O) groups excluding carboxylic acids is 1. The van der Waals surface area contributed by atoms with Crippen LogP contribution in [0.4, 0.5) is 23.7 Å².